The summed E-state index contributed by atoms with van der Waals surface area (Å²) in [6.07, 6.45) is 0.271. The lowest BCUT2D eigenvalue weighted by Gasteiger charge is -2.09. The molecule has 1 atom stereocenters. The Labute approximate surface area is 104 Å². The Morgan fingerprint density at radius 2 is 2.25 bits per heavy atom. The zero-order valence-corrected chi connectivity index (χ0v) is 10.1. The van der Waals surface area contributed by atoms with E-state index < -0.39 is 17.8 Å². The number of carbonyl (C=O) groups is 1. The summed E-state index contributed by atoms with van der Waals surface area (Å²) in [5.74, 6) is -0.998. The van der Waals surface area contributed by atoms with Crippen molar-refractivity contribution in [2.75, 3.05) is 7.11 Å². The molecule has 0 spiro atoms. The van der Waals surface area contributed by atoms with Crippen LogP contribution in [-0.4, -0.2) is 19.1 Å². The lowest BCUT2D eigenvalue weighted by atomic mass is 10.1. The first-order chi connectivity index (χ1) is 7.04. The summed E-state index contributed by atoms with van der Waals surface area (Å²) >= 11 is 5.58. The second kappa shape index (κ2) is 6.68. The number of methoxy groups -OCH3 is 1. The highest BCUT2D eigenvalue weighted by Gasteiger charge is 2.14. The maximum Gasteiger partial charge on any atom is 0.322 e. The summed E-state index contributed by atoms with van der Waals surface area (Å²) < 4.78 is 17.3. The van der Waals surface area contributed by atoms with Crippen LogP contribution in [0.1, 0.15) is 5.56 Å². The molecule has 3 nitrogen and oxygen atoms in total. The van der Waals surface area contributed by atoms with Gasteiger partial charge in [0.05, 0.1) is 12.1 Å². The van der Waals surface area contributed by atoms with Crippen LogP contribution in [-0.2, 0) is 16.0 Å². The van der Waals surface area contributed by atoms with Crippen molar-refractivity contribution in [2.24, 2.45) is 5.73 Å². The second-order valence-corrected chi connectivity index (χ2v) is 3.49. The molecule has 0 aliphatic rings. The predicted octanol–water partition coefficient (Wildman–Crippen LogP) is 1.94. The molecule has 1 aromatic rings. The topological polar surface area (TPSA) is 52.3 Å². The summed E-state index contributed by atoms with van der Waals surface area (Å²) in [7, 11) is 1.26. The summed E-state index contributed by atoms with van der Waals surface area (Å²) in [4.78, 5) is 11.0. The SMILES string of the molecule is COC(=O)C(N)Cc1ccc(F)c(Cl)c1.Cl. The van der Waals surface area contributed by atoms with Gasteiger partial charge in [0.2, 0.25) is 0 Å². The Hall–Kier alpha value is -0.840. The highest BCUT2D eigenvalue weighted by molar-refractivity contribution is 6.30. The average molecular weight is 268 g/mol. The molecule has 90 valence electrons. The minimum atomic E-state index is -0.753. The van der Waals surface area contributed by atoms with Gasteiger partial charge in [0.15, 0.2) is 0 Å². The molecular formula is C10H12Cl2FNO2. The molecule has 0 fully saturated rings. The molecule has 6 heteroatoms. The first-order valence-corrected chi connectivity index (χ1v) is 4.69. The van der Waals surface area contributed by atoms with Crippen LogP contribution in [0.5, 0.6) is 0 Å². The van der Waals surface area contributed by atoms with E-state index in [0.717, 1.165) is 0 Å². The summed E-state index contributed by atoms with van der Waals surface area (Å²) in [6.45, 7) is 0. The van der Waals surface area contributed by atoms with E-state index in [1.807, 2.05) is 0 Å². The van der Waals surface area contributed by atoms with E-state index in [-0.39, 0.29) is 23.9 Å². The summed E-state index contributed by atoms with van der Waals surface area (Å²) in [5, 5.41) is 0.0181. The van der Waals surface area contributed by atoms with Crippen molar-refractivity contribution in [3.63, 3.8) is 0 Å². The third-order valence-electron chi connectivity index (χ3n) is 1.94. The van der Waals surface area contributed by atoms with Gasteiger partial charge >= 0.3 is 5.97 Å². The molecule has 0 saturated heterocycles. The minimum Gasteiger partial charge on any atom is -0.468 e. The van der Waals surface area contributed by atoms with Gasteiger partial charge in [-0.15, -0.1) is 12.4 Å². The molecule has 0 saturated carbocycles. The van der Waals surface area contributed by atoms with Gasteiger partial charge in [-0.2, -0.15) is 0 Å². The average Bonchev–Trinajstić information content (AvgIpc) is 2.22. The Morgan fingerprint density at radius 3 is 2.75 bits per heavy atom. The lowest BCUT2D eigenvalue weighted by Crippen LogP contribution is -2.33. The van der Waals surface area contributed by atoms with Gasteiger partial charge in [-0.25, -0.2) is 4.39 Å². The highest BCUT2D eigenvalue weighted by atomic mass is 35.5. The molecule has 0 aliphatic carbocycles. The van der Waals surface area contributed by atoms with Crippen molar-refractivity contribution in [3.8, 4) is 0 Å². The molecule has 0 bridgehead atoms. The van der Waals surface area contributed by atoms with Crippen molar-refractivity contribution >= 4 is 30.0 Å². The van der Waals surface area contributed by atoms with Crippen LogP contribution in [0.4, 0.5) is 4.39 Å². The maximum atomic E-state index is 12.8. The number of nitrogens with two attached hydrogens (primary N) is 1. The number of esters is 1. The van der Waals surface area contributed by atoms with Crippen LogP contribution in [0.3, 0.4) is 0 Å². The third kappa shape index (κ3) is 3.96. The Balaban J connectivity index is 0.00000225. The quantitative estimate of drug-likeness (QED) is 0.852. The van der Waals surface area contributed by atoms with Crippen molar-refractivity contribution < 1.29 is 13.9 Å². The fraction of sp³-hybridized carbons (Fsp3) is 0.300. The smallest absolute Gasteiger partial charge is 0.322 e. The molecule has 0 radical (unpaired) electrons. The van der Waals surface area contributed by atoms with Gasteiger partial charge in [-0.3, -0.25) is 4.79 Å². The molecular weight excluding hydrogens is 256 g/mol. The third-order valence-corrected chi connectivity index (χ3v) is 2.23. The van der Waals surface area contributed by atoms with Crippen molar-refractivity contribution in [1.29, 1.82) is 0 Å². The molecule has 1 aromatic carbocycles. The van der Waals surface area contributed by atoms with Gasteiger partial charge < -0.3 is 10.5 Å². The highest BCUT2D eigenvalue weighted by Crippen LogP contribution is 2.16. The molecule has 0 heterocycles. The molecule has 0 aliphatic heterocycles. The van der Waals surface area contributed by atoms with E-state index in [1.165, 1.54) is 25.3 Å². The zero-order valence-electron chi connectivity index (χ0n) is 8.57. The molecule has 1 unspecified atom stereocenters. The first-order valence-electron chi connectivity index (χ1n) is 4.32. The van der Waals surface area contributed by atoms with E-state index in [0.29, 0.717) is 5.56 Å². The van der Waals surface area contributed by atoms with Crippen molar-refractivity contribution in [1.82, 2.24) is 0 Å². The Bertz CT molecular complexity index is 374. The zero-order chi connectivity index (χ0) is 11.4. The van der Waals surface area contributed by atoms with Crippen molar-refractivity contribution in [2.45, 2.75) is 12.5 Å². The van der Waals surface area contributed by atoms with Crippen LogP contribution in [0.15, 0.2) is 18.2 Å². The molecule has 0 aromatic heterocycles. The number of rotatable bonds is 3. The van der Waals surface area contributed by atoms with Crippen molar-refractivity contribution in [3.05, 3.63) is 34.6 Å². The van der Waals surface area contributed by atoms with Gasteiger partial charge in [0, 0.05) is 0 Å². The monoisotopic (exact) mass is 267 g/mol. The van der Waals surface area contributed by atoms with Gasteiger partial charge in [-0.1, -0.05) is 17.7 Å². The largest absolute Gasteiger partial charge is 0.468 e. The van der Waals surface area contributed by atoms with E-state index in [1.54, 1.807) is 0 Å². The van der Waals surface area contributed by atoms with Crippen LogP contribution >= 0.6 is 24.0 Å². The second-order valence-electron chi connectivity index (χ2n) is 3.08. The van der Waals surface area contributed by atoms with Crippen LogP contribution in [0.2, 0.25) is 5.02 Å². The fourth-order valence-corrected chi connectivity index (χ4v) is 1.36. The predicted molar refractivity (Wildman–Crippen MR) is 62.4 cm³/mol. The molecule has 1 rings (SSSR count). The fourth-order valence-electron chi connectivity index (χ4n) is 1.16. The normalized spacial score (nSPS) is 11.5. The molecule has 0 amide bonds. The van der Waals surface area contributed by atoms with Crippen LogP contribution in [0.25, 0.3) is 0 Å². The molecule has 16 heavy (non-hydrogen) atoms. The molecule has 2 N–H and O–H groups in total. The number of ether oxygens (including phenoxy) is 1. The Morgan fingerprint density at radius 1 is 1.62 bits per heavy atom. The number of carbonyl (C=O) groups excluding carboxylic acids is 1. The first kappa shape index (κ1) is 15.2. The van der Waals surface area contributed by atoms with Crippen LogP contribution in [0, 0.1) is 5.82 Å². The summed E-state index contributed by atoms with van der Waals surface area (Å²) in [6, 6.07) is 3.46. The van der Waals surface area contributed by atoms with E-state index >= 15 is 0 Å². The van der Waals surface area contributed by atoms with Gasteiger partial charge in [-0.05, 0) is 24.1 Å². The van der Waals surface area contributed by atoms with E-state index in [9.17, 15) is 9.18 Å². The van der Waals surface area contributed by atoms with E-state index in [2.05, 4.69) is 4.74 Å². The number of hydrogen-bond donors (Lipinski definition) is 1. The number of hydrogen-bond acceptors (Lipinski definition) is 3. The minimum absolute atomic E-state index is 0. The number of halogens is 3. The summed E-state index contributed by atoms with van der Waals surface area (Å²) in [5.41, 5.74) is 6.23. The standard InChI is InChI=1S/C10H11ClFNO2.ClH/c1-15-10(14)9(13)5-6-2-3-8(12)7(11)4-6;/h2-4,9H,5,13H2,1H3;1H. The lowest BCUT2D eigenvalue weighted by molar-refractivity contribution is -0.142. The van der Waals surface area contributed by atoms with Crippen LogP contribution < -0.4 is 5.73 Å². The maximum absolute atomic E-state index is 12.8. The Kier molecular flexibility index (Phi) is 6.33. The number of benzene rings is 1. The van der Waals surface area contributed by atoms with E-state index in [4.69, 9.17) is 17.3 Å². The van der Waals surface area contributed by atoms with Gasteiger partial charge in [0.1, 0.15) is 11.9 Å². The van der Waals surface area contributed by atoms with Gasteiger partial charge in [0.25, 0.3) is 0 Å².